The highest BCUT2D eigenvalue weighted by Gasteiger charge is 2.33. The standard InChI is InChI=1S/C16H18BrN3/c17-10-15-18-19-16(20(15)14-7-8-14)13-6-5-11-3-1-2-4-12(11)9-13/h1-4,13-14H,5-10H2. The third kappa shape index (κ3) is 2.10. The van der Waals surface area contributed by atoms with E-state index in [-0.39, 0.29) is 0 Å². The van der Waals surface area contributed by atoms with Gasteiger partial charge in [0, 0.05) is 12.0 Å². The van der Waals surface area contributed by atoms with E-state index in [1.807, 2.05) is 0 Å². The molecule has 20 heavy (non-hydrogen) atoms. The molecule has 2 aromatic rings. The van der Waals surface area contributed by atoms with E-state index in [9.17, 15) is 0 Å². The monoisotopic (exact) mass is 331 g/mol. The Labute approximate surface area is 127 Å². The molecular weight excluding hydrogens is 314 g/mol. The number of alkyl halides is 1. The zero-order valence-corrected chi connectivity index (χ0v) is 13.0. The zero-order chi connectivity index (χ0) is 13.5. The summed E-state index contributed by atoms with van der Waals surface area (Å²) in [5, 5.41) is 9.73. The van der Waals surface area contributed by atoms with Crippen molar-refractivity contribution in [3.8, 4) is 0 Å². The Morgan fingerprint density at radius 1 is 1.10 bits per heavy atom. The van der Waals surface area contributed by atoms with Crippen LogP contribution in [0.4, 0.5) is 0 Å². The van der Waals surface area contributed by atoms with Crippen LogP contribution in [0, 0.1) is 0 Å². The van der Waals surface area contributed by atoms with Crippen LogP contribution in [0.25, 0.3) is 0 Å². The topological polar surface area (TPSA) is 30.7 Å². The van der Waals surface area contributed by atoms with Gasteiger partial charge >= 0.3 is 0 Å². The number of rotatable bonds is 3. The summed E-state index contributed by atoms with van der Waals surface area (Å²) in [5.41, 5.74) is 3.01. The van der Waals surface area contributed by atoms with E-state index in [2.05, 4.69) is 55.0 Å². The Kier molecular flexibility index (Phi) is 3.14. The van der Waals surface area contributed by atoms with Crippen molar-refractivity contribution in [2.24, 2.45) is 0 Å². The van der Waals surface area contributed by atoms with Crippen LogP contribution in [0.2, 0.25) is 0 Å². The minimum atomic E-state index is 0.533. The first kappa shape index (κ1) is 12.6. The van der Waals surface area contributed by atoms with Gasteiger partial charge in [-0.3, -0.25) is 0 Å². The molecule has 1 saturated carbocycles. The summed E-state index contributed by atoms with van der Waals surface area (Å²) >= 11 is 3.54. The van der Waals surface area contributed by atoms with Gasteiger partial charge in [-0.1, -0.05) is 40.2 Å². The van der Waals surface area contributed by atoms with Crippen LogP contribution in [-0.4, -0.2) is 14.8 Å². The van der Waals surface area contributed by atoms with Crippen molar-refractivity contribution >= 4 is 15.9 Å². The second kappa shape index (κ2) is 4.99. The third-order valence-corrected chi connectivity index (χ3v) is 5.04. The van der Waals surface area contributed by atoms with Crippen molar-refractivity contribution in [2.45, 2.75) is 49.4 Å². The smallest absolute Gasteiger partial charge is 0.143 e. The van der Waals surface area contributed by atoms with E-state index in [4.69, 9.17) is 0 Å². The number of aromatic nitrogens is 3. The predicted octanol–water partition coefficient (Wildman–Crippen LogP) is 3.78. The van der Waals surface area contributed by atoms with Gasteiger partial charge in [-0.05, 0) is 43.2 Å². The van der Waals surface area contributed by atoms with Crippen molar-refractivity contribution in [3.05, 3.63) is 47.0 Å². The number of aryl methyl sites for hydroxylation is 1. The van der Waals surface area contributed by atoms with Crippen LogP contribution >= 0.6 is 15.9 Å². The van der Waals surface area contributed by atoms with E-state index in [0.29, 0.717) is 12.0 Å². The predicted molar refractivity (Wildman–Crippen MR) is 82.1 cm³/mol. The summed E-state index contributed by atoms with van der Waals surface area (Å²) in [6.07, 6.45) is 6.05. The van der Waals surface area contributed by atoms with Crippen molar-refractivity contribution in [2.75, 3.05) is 0 Å². The summed E-state index contributed by atoms with van der Waals surface area (Å²) < 4.78 is 2.41. The van der Waals surface area contributed by atoms with E-state index in [0.717, 1.165) is 17.6 Å². The van der Waals surface area contributed by atoms with Crippen molar-refractivity contribution in [3.63, 3.8) is 0 Å². The number of fused-ring (bicyclic) bond motifs is 1. The largest absolute Gasteiger partial charge is 0.311 e. The van der Waals surface area contributed by atoms with Gasteiger partial charge < -0.3 is 4.57 Å². The Bertz CT molecular complexity index is 630. The highest BCUT2D eigenvalue weighted by atomic mass is 79.9. The van der Waals surface area contributed by atoms with Gasteiger partial charge in [-0.15, -0.1) is 10.2 Å². The molecule has 1 fully saturated rings. The lowest BCUT2D eigenvalue weighted by Gasteiger charge is -2.24. The molecule has 0 amide bonds. The number of benzene rings is 1. The Morgan fingerprint density at radius 2 is 1.90 bits per heavy atom. The van der Waals surface area contributed by atoms with Gasteiger partial charge in [0.05, 0.1) is 5.33 Å². The van der Waals surface area contributed by atoms with Gasteiger partial charge in [0.2, 0.25) is 0 Å². The average molecular weight is 332 g/mol. The lowest BCUT2D eigenvalue weighted by Crippen LogP contribution is -2.17. The number of hydrogen-bond acceptors (Lipinski definition) is 2. The molecule has 0 N–H and O–H groups in total. The molecule has 104 valence electrons. The van der Waals surface area contributed by atoms with E-state index < -0.39 is 0 Å². The highest BCUT2D eigenvalue weighted by molar-refractivity contribution is 9.08. The molecule has 4 rings (SSSR count). The lowest BCUT2D eigenvalue weighted by atomic mass is 9.83. The van der Waals surface area contributed by atoms with Crippen LogP contribution in [0.3, 0.4) is 0 Å². The quantitative estimate of drug-likeness (QED) is 0.801. The lowest BCUT2D eigenvalue weighted by molar-refractivity contribution is 0.516. The highest BCUT2D eigenvalue weighted by Crippen LogP contribution is 2.40. The van der Waals surface area contributed by atoms with Gasteiger partial charge in [0.25, 0.3) is 0 Å². The molecule has 1 unspecified atom stereocenters. The minimum Gasteiger partial charge on any atom is -0.311 e. The van der Waals surface area contributed by atoms with Crippen molar-refractivity contribution in [1.82, 2.24) is 14.8 Å². The SMILES string of the molecule is BrCc1nnc(C2CCc3ccccc3C2)n1C1CC1. The van der Waals surface area contributed by atoms with E-state index in [1.165, 1.54) is 42.6 Å². The van der Waals surface area contributed by atoms with Gasteiger partial charge in [0.1, 0.15) is 11.6 Å². The fourth-order valence-corrected chi connectivity index (χ4v) is 3.74. The Morgan fingerprint density at radius 3 is 2.65 bits per heavy atom. The van der Waals surface area contributed by atoms with Gasteiger partial charge in [0.15, 0.2) is 0 Å². The minimum absolute atomic E-state index is 0.533. The second-order valence-electron chi connectivity index (χ2n) is 5.92. The molecular formula is C16H18BrN3. The molecule has 0 saturated heterocycles. The van der Waals surface area contributed by atoms with Crippen LogP contribution < -0.4 is 0 Å². The third-order valence-electron chi connectivity index (χ3n) is 4.54. The molecule has 0 spiro atoms. The molecule has 0 bridgehead atoms. The molecule has 2 aliphatic rings. The first-order valence-corrected chi connectivity index (χ1v) is 8.55. The number of halogens is 1. The maximum Gasteiger partial charge on any atom is 0.143 e. The molecule has 0 aliphatic heterocycles. The summed E-state index contributed by atoms with van der Waals surface area (Å²) in [5.74, 6) is 2.85. The summed E-state index contributed by atoms with van der Waals surface area (Å²) in [4.78, 5) is 0. The first-order valence-electron chi connectivity index (χ1n) is 7.43. The molecule has 1 aromatic heterocycles. The molecule has 2 aliphatic carbocycles. The summed E-state index contributed by atoms with van der Waals surface area (Å²) in [6, 6.07) is 9.49. The molecule has 1 heterocycles. The van der Waals surface area contributed by atoms with E-state index >= 15 is 0 Å². The average Bonchev–Trinajstić information content (AvgIpc) is 3.25. The summed E-state index contributed by atoms with van der Waals surface area (Å²) in [7, 11) is 0. The maximum absolute atomic E-state index is 4.53. The Hall–Kier alpha value is -1.16. The molecule has 3 nitrogen and oxygen atoms in total. The fraction of sp³-hybridized carbons (Fsp3) is 0.500. The second-order valence-corrected chi connectivity index (χ2v) is 6.48. The number of hydrogen-bond donors (Lipinski definition) is 0. The van der Waals surface area contributed by atoms with Crippen LogP contribution in [0.15, 0.2) is 24.3 Å². The first-order chi connectivity index (χ1) is 9.86. The van der Waals surface area contributed by atoms with Crippen molar-refractivity contribution < 1.29 is 0 Å². The van der Waals surface area contributed by atoms with Crippen LogP contribution in [-0.2, 0) is 18.2 Å². The van der Waals surface area contributed by atoms with Crippen LogP contribution in [0.1, 0.15) is 54.0 Å². The normalized spacial score (nSPS) is 21.8. The maximum atomic E-state index is 4.53. The molecule has 1 aromatic carbocycles. The summed E-state index contributed by atoms with van der Waals surface area (Å²) in [6.45, 7) is 0. The van der Waals surface area contributed by atoms with Crippen molar-refractivity contribution in [1.29, 1.82) is 0 Å². The molecule has 0 radical (unpaired) electrons. The zero-order valence-electron chi connectivity index (χ0n) is 11.4. The van der Waals surface area contributed by atoms with Gasteiger partial charge in [-0.2, -0.15) is 0 Å². The molecule has 4 heteroatoms. The fourth-order valence-electron chi connectivity index (χ4n) is 3.36. The number of nitrogens with zero attached hydrogens (tertiary/aromatic N) is 3. The Balaban J connectivity index is 1.68. The van der Waals surface area contributed by atoms with Gasteiger partial charge in [-0.25, -0.2) is 0 Å². The van der Waals surface area contributed by atoms with E-state index in [1.54, 1.807) is 0 Å². The molecule has 1 atom stereocenters. The van der Waals surface area contributed by atoms with Crippen LogP contribution in [0.5, 0.6) is 0 Å².